The molecule has 5 heteroatoms. The molecule has 3 aromatic rings. The Morgan fingerprint density at radius 1 is 1.30 bits per heavy atom. The molecule has 0 spiro atoms. The third kappa shape index (κ3) is 2.55. The van der Waals surface area contributed by atoms with Crippen molar-refractivity contribution < 1.29 is 0 Å². The largest absolute Gasteiger partial charge is 0.271 e. The first kappa shape index (κ1) is 13.5. The van der Waals surface area contributed by atoms with Crippen molar-refractivity contribution >= 4 is 33.0 Å². The van der Waals surface area contributed by atoms with Crippen LogP contribution in [0.25, 0.3) is 10.1 Å². The number of hydrazine groups is 1. The molecule has 0 fully saturated rings. The highest BCUT2D eigenvalue weighted by Crippen LogP contribution is 2.30. The fourth-order valence-corrected chi connectivity index (χ4v) is 3.56. The highest BCUT2D eigenvalue weighted by atomic mass is 35.5. The average Bonchev–Trinajstić information content (AvgIpc) is 2.89. The van der Waals surface area contributed by atoms with Crippen LogP contribution in [0.3, 0.4) is 0 Å². The van der Waals surface area contributed by atoms with Crippen molar-refractivity contribution in [1.82, 2.24) is 10.4 Å². The van der Waals surface area contributed by atoms with E-state index in [0.29, 0.717) is 5.02 Å². The van der Waals surface area contributed by atoms with Gasteiger partial charge in [-0.3, -0.25) is 16.3 Å². The maximum Gasteiger partial charge on any atom is 0.0637 e. The van der Waals surface area contributed by atoms with Gasteiger partial charge in [-0.2, -0.15) is 0 Å². The molecule has 1 aromatic carbocycles. The second kappa shape index (κ2) is 5.89. The second-order valence-electron chi connectivity index (χ2n) is 4.58. The lowest BCUT2D eigenvalue weighted by molar-refractivity contribution is 0.553. The van der Waals surface area contributed by atoms with E-state index in [2.05, 4.69) is 40.1 Å². The number of halogens is 1. The summed E-state index contributed by atoms with van der Waals surface area (Å²) in [5.41, 5.74) is 5.11. The summed E-state index contributed by atoms with van der Waals surface area (Å²) < 4.78 is 1.29. The number of aromatic nitrogens is 1. The molecule has 3 N–H and O–H groups in total. The molecule has 3 nitrogen and oxygen atoms in total. The number of nitrogens with zero attached hydrogens (tertiary/aromatic N) is 1. The number of nitrogens with two attached hydrogens (primary N) is 1. The molecule has 0 saturated heterocycles. The number of hydrogen-bond donors (Lipinski definition) is 2. The van der Waals surface area contributed by atoms with Gasteiger partial charge in [-0.25, -0.2) is 0 Å². The Morgan fingerprint density at radius 2 is 2.15 bits per heavy atom. The van der Waals surface area contributed by atoms with Gasteiger partial charge in [0.2, 0.25) is 0 Å². The van der Waals surface area contributed by atoms with Crippen LogP contribution in [0.1, 0.15) is 17.2 Å². The van der Waals surface area contributed by atoms with Gasteiger partial charge in [0.25, 0.3) is 0 Å². The van der Waals surface area contributed by atoms with E-state index in [4.69, 9.17) is 17.4 Å². The zero-order valence-corrected chi connectivity index (χ0v) is 12.3. The van der Waals surface area contributed by atoms with Crippen LogP contribution in [-0.4, -0.2) is 4.98 Å². The van der Waals surface area contributed by atoms with Crippen molar-refractivity contribution in [3.05, 3.63) is 64.3 Å². The highest BCUT2D eigenvalue weighted by Gasteiger charge is 2.16. The van der Waals surface area contributed by atoms with Gasteiger partial charge in [-0.15, -0.1) is 11.3 Å². The number of hydrogen-bond acceptors (Lipinski definition) is 4. The van der Waals surface area contributed by atoms with E-state index in [-0.39, 0.29) is 6.04 Å². The van der Waals surface area contributed by atoms with Crippen LogP contribution >= 0.6 is 22.9 Å². The molecule has 0 radical (unpaired) electrons. The van der Waals surface area contributed by atoms with Crippen LogP contribution in [-0.2, 0) is 6.42 Å². The monoisotopic (exact) mass is 303 g/mol. The van der Waals surface area contributed by atoms with Crippen LogP contribution in [0.4, 0.5) is 0 Å². The van der Waals surface area contributed by atoms with Crippen LogP contribution in [0.2, 0.25) is 5.02 Å². The second-order valence-corrected chi connectivity index (χ2v) is 5.90. The van der Waals surface area contributed by atoms with Gasteiger partial charge in [-0.05, 0) is 40.4 Å². The Morgan fingerprint density at radius 3 is 2.95 bits per heavy atom. The quantitative estimate of drug-likeness (QED) is 0.571. The molecule has 2 heterocycles. The number of benzene rings is 1. The van der Waals surface area contributed by atoms with Gasteiger partial charge in [0.15, 0.2) is 0 Å². The first-order valence-corrected chi connectivity index (χ1v) is 7.56. The van der Waals surface area contributed by atoms with Gasteiger partial charge < -0.3 is 0 Å². The first-order valence-electron chi connectivity index (χ1n) is 6.30. The molecule has 0 aliphatic carbocycles. The molecule has 1 atom stereocenters. The molecule has 2 aromatic heterocycles. The molecular weight excluding hydrogens is 290 g/mol. The summed E-state index contributed by atoms with van der Waals surface area (Å²) in [5.74, 6) is 5.71. The smallest absolute Gasteiger partial charge is 0.0637 e. The van der Waals surface area contributed by atoms with Crippen LogP contribution < -0.4 is 11.3 Å². The summed E-state index contributed by atoms with van der Waals surface area (Å²) in [6.45, 7) is 0. The predicted octanol–water partition coefficient (Wildman–Crippen LogP) is 3.70. The lowest BCUT2D eigenvalue weighted by Crippen LogP contribution is -2.29. The van der Waals surface area contributed by atoms with Crippen molar-refractivity contribution in [2.24, 2.45) is 5.84 Å². The van der Waals surface area contributed by atoms with Gasteiger partial charge in [0, 0.05) is 17.1 Å². The molecule has 0 aliphatic heterocycles. The van der Waals surface area contributed by atoms with E-state index in [1.54, 1.807) is 23.7 Å². The Kier molecular flexibility index (Phi) is 3.98. The molecule has 0 aliphatic rings. The molecule has 0 amide bonds. The summed E-state index contributed by atoms with van der Waals surface area (Å²) in [7, 11) is 0. The van der Waals surface area contributed by atoms with Gasteiger partial charge in [-0.1, -0.05) is 29.8 Å². The molecule has 1 unspecified atom stereocenters. The van der Waals surface area contributed by atoms with Gasteiger partial charge in [0.1, 0.15) is 0 Å². The van der Waals surface area contributed by atoms with E-state index in [1.165, 1.54) is 15.6 Å². The van der Waals surface area contributed by atoms with E-state index in [9.17, 15) is 0 Å². The van der Waals surface area contributed by atoms with Crippen molar-refractivity contribution in [3.8, 4) is 0 Å². The number of nitrogens with one attached hydrogen (secondary N) is 1. The fraction of sp³-hybridized carbons (Fsp3) is 0.133. The SMILES string of the molecule is NNC(Cc1csc2ccccc12)c1ccncc1Cl. The highest BCUT2D eigenvalue weighted by molar-refractivity contribution is 7.17. The van der Waals surface area contributed by atoms with Crippen molar-refractivity contribution in [3.63, 3.8) is 0 Å². The maximum atomic E-state index is 6.20. The van der Waals surface area contributed by atoms with Gasteiger partial charge >= 0.3 is 0 Å². The van der Waals surface area contributed by atoms with Crippen LogP contribution in [0.15, 0.2) is 48.1 Å². The molecule has 0 bridgehead atoms. The van der Waals surface area contributed by atoms with E-state index in [1.807, 2.05) is 6.07 Å². The fourth-order valence-electron chi connectivity index (χ4n) is 2.34. The zero-order chi connectivity index (χ0) is 13.9. The Labute approximate surface area is 126 Å². The average molecular weight is 304 g/mol. The summed E-state index contributed by atoms with van der Waals surface area (Å²) >= 11 is 7.95. The third-order valence-electron chi connectivity index (χ3n) is 3.37. The Balaban J connectivity index is 1.94. The summed E-state index contributed by atoms with van der Waals surface area (Å²) in [6.07, 6.45) is 4.18. The van der Waals surface area contributed by atoms with Crippen molar-refractivity contribution in [2.45, 2.75) is 12.5 Å². The summed E-state index contributed by atoms with van der Waals surface area (Å²) in [6, 6.07) is 10.3. The minimum atomic E-state index is -0.0245. The van der Waals surface area contributed by atoms with E-state index >= 15 is 0 Å². The van der Waals surface area contributed by atoms with Crippen molar-refractivity contribution in [2.75, 3.05) is 0 Å². The van der Waals surface area contributed by atoms with Crippen molar-refractivity contribution in [1.29, 1.82) is 0 Å². The Bertz CT molecular complexity index is 726. The minimum absolute atomic E-state index is 0.0245. The van der Waals surface area contributed by atoms with Gasteiger partial charge in [0.05, 0.1) is 11.1 Å². The first-order chi connectivity index (χ1) is 9.79. The zero-order valence-electron chi connectivity index (χ0n) is 10.7. The van der Waals surface area contributed by atoms with E-state index in [0.717, 1.165) is 12.0 Å². The number of rotatable bonds is 4. The number of thiophene rings is 1. The normalized spacial score (nSPS) is 12.7. The lowest BCUT2D eigenvalue weighted by Gasteiger charge is -2.17. The van der Waals surface area contributed by atoms with Crippen LogP contribution in [0, 0.1) is 0 Å². The maximum absolute atomic E-state index is 6.20. The number of pyridine rings is 1. The van der Waals surface area contributed by atoms with E-state index < -0.39 is 0 Å². The predicted molar refractivity (Wildman–Crippen MR) is 84.8 cm³/mol. The summed E-state index contributed by atoms with van der Waals surface area (Å²) in [5, 5.41) is 4.10. The standard InChI is InChI=1S/C15H14ClN3S/c16-13-8-18-6-5-12(13)14(19-17)7-10-9-20-15-4-2-1-3-11(10)15/h1-6,8-9,14,19H,7,17H2. The third-order valence-corrected chi connectivity index (χ3v) is 4.69. The Hall–Kier alpha value is -1.46. The number of fused-ring (bicyclic) bond motifs is 1. The molecule has 20 heavy (non-hydrogen) atoms. The topological polar surface area (TPSA) is 50.9 Å². The molecular formula is C15H14ClN3S. The summed E-state index contributed by atoms with van der Waals surface area (Å²) in [4.78, 5) is 4.01. The lowest BCUT2D eigenvalue weighted by atomic mass is 10.00. The molecule has 0 saturated carbocycles. The molecule has 3 rings (SSSR count). The minimum Gasteiger partial charge on any atom is -0.271 e. The van der Waals surface area contributed by atoms with Crippen LogP contribution in [0.5, 0.6) is 0 Å². The molecule has 102 valence electrons.